The third kappa shape index (κ3) is 4.10. The quantitative estimate of drug-likeness (QED) is 0.514. The number of hydrogen-bond donors (Lipinski definition) is 1. The number of rotatable bonds is 5. The molecular formula is C23H21ClN4O. The maximum atomic E-state index is 12.8. The van der Waals surface area contributed by atoms with Crippen molar-refractivity contribution in [2.75, 3.05) is 24.3 Å². The maximum Gasteiger partial charge on any atom is 0.230 e. The fourth-order valence-corrected chi connectivity index (χ4v) is 3.38. The Labute approximate surface area is 174 Å². The van der Waals surface area contributed by atoms with Gasteiger partial charge in [0.05, 0.1) is 17.8 Å². The third-order valence-electron chi connectivity index (χ3n) is 4.74. The summed E-state index contributed by atoms with van der Waals surface area (Å²) in [6, 6.07) is 21.1. The van der Waals surface area contributed by atoms with Crippen LogP contribution < -0.4 is 10.2 Å². The van der Waals surface area contributed by atoms with E-state index < -0.39 is 0 Å². The van der Waals surface area contributed by atoms with Crippen molar-refractivity contribution in [3.05, 3.63) is 83.6 Å². The number of anilines is 2. The van der Waals surface area contributed by atoms with Crippen LogP contribution in [0.5, 0.6) is 0 Å². The molecule has 0 saturated heterocycles. The van der Waals surface area contributed by atoms with Crippen LogP contribution in [0.1, 0.15) is 5.69 Å². The smallest absolute Gasteiger partial charge is 0.230 e. The molecule has 0 atom stereocenters. The largest absolute Gasteiger partial charge is 0.378 e. The molecule has 0 aliphatic heterocycles. The fraction of sp³-hybridized carbons (Fsp3) is 0.130. The van der Waals surface area contributed by atoms with E-state index in [1.807, 2.05) is 96.3 Å². The minimum absolute atomic E-state index is 0.0940. The first-order valence-corrected chi connectivity index (χ1v) is 9.68. The van der Waals surface area contributed by atoms with Crippen molar-refractivity contribution in [1.82, 2.24) is 9.38 Å². The minimum Gasteiger partial charge on any atom is -0.378 e. The van der Waals surface area contributed by atoms with E-state index >= 15 is 0 Å². The monoisotopic (exact) mass is 404 g/mol. The van der Waals surface area contributed by atoms with E-state index in [4.69, 9.17) is 16.6 Å². The van der Waals surface area contributed by atoms with Gasteiger partial charge in [-0.1, -0.05) is 29.8 Å². The van der Waals surface area contributed by atoms with E-state index in [-0.39, 0.29) is 12.3 Å². The molecule has 0 aliphatic carbocycles. The minimum atomic E-state index is -0.0940. The zero-order valence-corrected chi connectivity index (χ0v) is 17.0. The summed E-state index contributed by atoms with van der Waals surface area (Å²) in [6.07, 6.45) is 2.13. The highest BCUT2D eigenvalue weighted by Crippen LogP contribution is 2.26. The lowest BCUT2D eigenvalue weighted by atomic mass is 10.1. The Morgan fingerprint density at radius 1 is 1.03 bits per heavy atom. The van der Waals surface area contributed by atoms with E-state index in [1.54, 1.807) is 0 Å². The van der Waals surface area contributed by atoms with Gasteiger partial charge in [-0.25, -0.2) is 4.98 Å². The summed E-state index contributed by atoms with van der Waals surface area (Å²) in [6.45, 7) is 0. The Morgan fingerprint density at radius 2 is 1.76 bits per heavy atom. The molecular weight excluding hydrogens is 384 g/mol. The topological polar surface area (TPSA) is 49.6 Å². The van der Waals surface area contributed by atoms with Gasteiger partial charge >= 0.3 is 0 Å². The Morgan fingerprint density at radius 3 is 2.45 bits per heavy atom. The summed E-state index contributed by atoms with van der Waals surface area (Å²) >= 11 is 6.03. The van der Waals surface area contributed by atoms with Gasteiger partial charge < -0.3 is 14.6 Å². The van der Waals surface area contributed by atoms with Crippen LogP contribution in [0.3, 0.4) is 0 Å². The number of nitrogens with zero attached hydrogens (tertiary/aromatic N) is 3. The van der Waals surface area contributed by atoms with Gasteiger partial charge in [0.25, 0.3) is 0 Å². The zero-order valence-electron chi connectivity index (χ0n) is 16.3. The molecule has 2 aromatic carbocycles. The number of fused-ring (bicyclic) bond motifs is 1. The number of carbonyl (C=O) groups is 1. The number of pyridine rings is 1. The van der Waals surface area contributed by atoms with Gasteiger partial charge in [-0.2, -0.15) is 0 Å². The number of hydrogen-bond acceptors (Lipinski definition) is 3. The predicted molar refractivity (Wildman–Crippen MR) is 119 cm³/mol. The van der Waals surface area contributed by atoms with Crippen molar-refractivity contribution in [2.24, 2.45) is 0 Å². The summed E-state index contributed by atoms with van der Waals surface area (Å²) in [5, 5.41) is 3.64. The van der Waals surface area contributed by atoms with E-state index in [1.165, 1.54) is 0 Å². The second kappa shape index (κ2) is 7.97. The van der Waals surface area contributed by atoms with Crippen LogP contribution in [0.2, 0.25) is 5.02 Å². The molecule has 0 aliphatic rings. The first-order chi connectivity index (χ1) is 14.0. The fourth-order valence-electron chi connectivity index (χ4n) is 3.25. The van der Waals surface area contributed by atoms with Gasteiger partial charge in [0.15, 0.2) is 0 Å². The molecule has 0 saturated carbocycles. The van der Waals surface area contributed by atoms with Crippen LogP contribution in [-0.4, -0.2) is 29.4 Å². The highest BCUT2D eigenvalue weighted by Gasteiger charge is 2.17. The normalized spacial score (nSPS) is 10.9. The molecule has 5 nitrogen and oxygen atoms in total. The number of nitrogens with one attached hydrogen (secondary N) is 1. The number of amides is 1. The number of carbonyl (C=O) groups excluding carboxylic acids is 1. The molecule has 6 heteroatoms. The number of aromatic nitrogens is 2. The van der Waals surface area contributed by atoms with Crippen molar-refractivity contribution in [1.29, 1.82) is 0 Å². The van der Waals surface area contributed by atoms with Gasteiger partial charge in [0.1, 0.15) is 5.65 Å². The van der Waals surface area contributed by atoms with Crippen molar-refractivity contribution >= 4 is 34.5 Å². The molecule has 0 unspecified atom stereocenters. The van der Waals surface area contributed by atoms with Crippen molar-refractivity contribution < 1.29 is 4.79 Å². The SMILES string of the molecule is CN(C)c1ccc(NC(=O)Cc2c(-c3ccc(Cl)cc3)nc3ccccn23)cc1. The molecule has 29 heavy (non-hydrogen) atoms. The van der Waals surface area contributed by atoms with Gasteiger partial charge in [0, 0.05) is 42.3 Å². The summed E-state index contributed by atoms with van der Waals surface area (Å²) < 4.78 is 1.96. The lowest BCUT2D eigenvalue weighted by Gasteiger charge is -2.13. The highest BCUT2D eigenvalue weighted by atomic mass is 35.5. The van der Waals surface area contributed by atoms with Crippen molar-refractivity contribution in [3.63, 3.8) is 0 Å². The highest BCUT2D eigenvalue weighted by molar-refractivity contribution is 6.30. The van der Waals surface area contributed by atoms with Gasteiger partial charge in [0.2, 0.25) is 5.91 Å². The lowest BCUT2D eigenvalue weighted by Crippen LogP contribution is -2.16. The number of benzene rings is 2. The molecule has 0 fully saturated rings. The maximum absolute atomic E-state index is 12.8. The Bertz CT molecular complexity index is 1150. The average molecular weight is 405 g/mol. The summed E-state index contributed by atoms with van der Waals surface area (Å²) in [7, 11) is 3.97. The van der Waals surface area contributed by atoms with Gasteiger partial charge in [-0.15, -0.1) is 0 Å². The first-order valence-electron chi connectivity index (χ1n) is 9.30. The summed E-state index contributed by atoms with van der Waals surface area (Å²) in [4.78, 5) is 19.6. The molecule has 0 spiro atoms. The van der Waals surface area contributed by atoms with Crippen LogP contribution in [0.25, 0.3) is 16.9 Å². The lowest BCUT2D eigenvalue weighted by molar-refractivity contribution is -0.115. The number of halogens is 1. The van der Waals surface area contributed by atoms with Crippen LogP contribution in [-0.2, 0) is 11.2 Å². The van der Waals surface area contributed by atoms with Crippen LogP contribution in [0, 0.1) is 0 Å². The van der Waals surface area contributed by atoms with E-state index in [0.717, 1.165) is 34.0 Å². The molecule has 2 heterocycles. The second-order valence-electron chi connectivity index (χ2n) is 7.01. The van der Waals surface area contributed by atoms with E-state index in [2.05, 4.69) is 5.32 Å². The molecule has 146 valence electrons. The predicted octanol–water partition coefficient (Wildman–Crippen LogP) is 4.90. The van der Waals surface area contributed by atoms with Crippen LogP contribution >= 0.6 is 11.6 Å². The summed E-state index contributed by atoms with van der Waals surface area (Å²) in [5.74, 6) is -0.0940. The first kappa shape index (κ1) is 19.0. The van der Waals surface area contributed by atoms with Crippen molar-refractivity contribution in [3.8, 4) is 11.3 Å². The Balaban J connectivity index is 1.63. The molecule has 2 aromatic heterocycles. The zero-order chi connectivity index (χ0) is 20.4. The van der Waals surface area contributed by atoms with Gasteiger partial charge in [-0.05, 0) is 48.5 Å². The molecule has 0 bridgehead atoms. The molecule has 0 radical (unpaired) electrons. The average Bonchev–Trinajstić information content (AvgIpc) is 3.07. The Kier molecular flexibility index (Phi) is 5.23. The second-order valence-corrected chi connectivity index (χ2v) is 7.45. The molecule has 4 aromatic rings. The third-order valence-corrected chi connectivity index (χ3v) is 4.99. The Hall–Kier alpha value is -3.31. The van der Waals surface area contributed by atoms with E-state index in [0.29, 0.717) is 5.02 Å². The summed E-state index contributed by atoms with van der Waals surface area (Å²) in [5.41, 5.74) is 5.19. The van der Waals surface area contributed by atoms with Gasteiger partial charge in [-0.3, -0.25) is 4.79 Å². The van der Waals surface area contributed by atoms with Crippen molar-refractivity contribution in [2.45, 2.75) is 6.42 Å². The van der Waals surface area contributed by atoms with E-state index in [9.17, 15) is 4.79 Å². The van der Waals surface area contributed by atoms with Crippen LogP contribution in [0.15, 0.2) is 72.9 Å². The van der Waals surface area contributed by atoms with Crippen LogP contribution in [0.4, 0.5) is 11.4 Å². The number of imidazole rings is 1. The molecule has 1 amide bonds. The molecule has 4 rings (SSSR count). The molecule has 1 N–H and O–H groups in total. The standard InChI is InChI=1S/C23H21ClN4O/c1-27(2)19-12-10-18(11-13-19)25-22(29)15-20-23(16-6-8-17(24)9-7-16)26-21-5-3-4-14-28(20)21/h3-14H,15H2,1-2H3,(H,25,29).